The van der Waals surface area contributed by atoms with Gasteiger partial charge in [-0.25, -0.2) is 4.39 Å². The molecule has 108 valence electrons. The Kier molecular flexibility index (Phi) is 4.27. The van der Waals surface area contributed by atoms with E-state index in [2.05, 4.69) is 15.6 Å². The van der Waals surface area contributed by atoms with Gasteiger partial charge in [0, 0.05) is 24.5 Å². The third-order valence-electron chi connectivity index (χ3n) is 2.82. The Morgan fingerprint density at radius 3 is 2.62 bits per heavy atom. The van der Waals surface area contributed by atoms with Crippen LogP contribution >= 0.6 is 0 Å². The van der Waals surface area contributed by atoms with E-state index in [-0.39, 0.29) is 11.5 Å². The Bertz CT molecular complexity index is 701. The molecule has 0 aliphatic heterocycles. The van der Waals surface area contributed by atoms with Gasteiger partial charge in [-0.3, -0.25) is 14.6 Å². The maximum atomic E-state index is 13.5. The number of anilines is 2. The van der Waals surface area contributed by atoms with Crippen molar-refractivity contribution in [1.29, 1.82) is 0 Å². The second kappa shape index (κ2) is 6.13. The van der Waals surface area contributed by atoms with Gasteiger partial charge in [-0.15, -0.1) is 0 Å². The quantitative estimate of drug-likeness (QED) is 0.911. The van der Waals surface area contributed by atoms with Gasteiger partial charge in [0.1, 0.15) is 0 Å². The number of benzene rings is 1. The first-order valence-corrected chi connectivity index (χ1v) is 6.26. The summed E-state index contributed by atoms with van der Waals surface area (Å²) < 4.78 is 13.5. The summed E-state index contributed by atoms with van der Waals surface area (Å²) in [6.45, 7) is 3.23. The number of amides is 2. The van der Waals surface area contributed by atoms with E-state index in [0.29, 0.717) is 11.4 Å². The summed E-state index contributed by atoms with van der Waals surface area (Å²) in [5.41, 5.74) is 1.83. The van der Waals surface area contributed by atoms with Crippen LogP contribution in [0.1, 0.15) is 22.8 Å². The highest BCUT2D eigenvalue weighted by molar-refractivity contribution is 6.04. The van der Waals surface area contributed by atoms with Gasteiger partial charge in [0.25, 0.3) is 5.91 Å². The monoisotopic (exact) mass is 287 g/mol. The average molecular weight is 287 g/mol. The van der Waals surface area contributed by atoms with Crippen LogP contribution in [-0.2, 0) is 4.79 Å². The minimum absolute atomic E-state index is 0.0911. The first-order chi connectivity index (χ1) is 9.97. The van der Waals surface area contributed by atoms with E-state index in [9.17, 15) is 14.0 Å². The normalized spacial score (nSPS) is 10.0. The second-order valence-electron chi connectivity index (χ2n) is 4.52. The highest BCUT2D eigenvalue weighted by atomic mass is 19.1. The first kappa shape index (κ1) is 14.6. The van der Waals surface area contributed by atoms with Crippen LogP contribution in [-0.4, -0.2) is 16.8 Å². The minimum Gasteiger partial charge on any atom is -0.326 e. The van der Waals surface area contributed by atoms with Crippen molar-refractivity contribution in [3.8, 4) is 0 Å². The molecular weight excluding hydrogens is 273 g/mol. The predicted molar refractivity (Wildman–Crippen MR) is 77.6 cm³/mol. The van der Waals surface area contributed by atoms with Crippen molar-refractivity contribution in [2.45, 2.75) is 13.8 Å². The Labute approximate surface area is 121 Å². The van der Waals surface area contributed by atoms with Crippen LogP contribution in [0.25, 0.3) is 0 Å². The minimum atomic E-state index is -0.691. The maximum Gasteiger partial charge on any atom is 0.258 e. The molecule has 0 unspecified atom stereocenters. The third kappa shape index (κ3) is 3.62. The molecule has 2 amide bonds. The summed E-state index contributed by atoms with van der Waals surface area (Å²) in [7, 11) is 0. The summed E-state index contributed by atoms with van der Waals surface area (Å²) in [6.07, 6.45) is 2.32. The fourth-order valence-corrected chi connectivity index (χ4v) is 1.78. The number of carbonyl (C=O) groups is 2. The summed E-state index contributed by atoms with van der Waals surface area (Å²) in [5.74, 6) is -1.47. The number of halogens is 1. The molecule has 1 aromatic carbocycles. The molecule has 0 fully saturated rings. The summed E-state index contributed by atoms with van der Waals surface area (Å²) in [4.78, 5) is 26.7. The number of aryl methyl sites for hydroxylation is 1. The number of pyridine rings is 1. The number of nitrogens with zero attached hydrogens (tertiary/aromatic N) is 1. The van der Waals surface area contributed by atoms with E-state index in [1.807, 2.05) is 6.92 Å². The SMILES string of the molecule is CC(=O)Nc1cc(NC(=O)c2ccncc2F)ccc1C. The lowest BCUT2D eigenvalue weighted by Crippen LogP contribution is -2.14. The van der Waals surface area contributed by atoms with Crippen LogP contribution < -0.4 is 10.6 Å². The highest BCUT2D eigenvalue weighted by Gasteiger charge is 2.12. The zero-order valence-electron chi connectivity index (χ0n) is 11.6. The largest absolute Gasteiger partial charge is 0.326 e. The molecule has 0 aliphatic carbocycles. The molecule has 2 rings (SSSR count). The van der Waals surface area contributed by atoms with Crippen molar-refractivity contribution in [2.24, 2.45) is 0 Å². The summed E-state index contributed by atoms with van der Waals surface area (Å²) in [6, 6.07) is 6.35. The van der Waals surface area contributed by atoms with E-state index >= 15 is 0 Å². The second-order valence-corrected chi connectivity index (χ2v) is 4.52. The molecule has 6 heteroatoms. The molecule has 5 nitrogen and oxygen atoms in total. The van der Waals surface area contributed by atoms with Gasteiger partial charge < -0.3 is 10.6 Å². The van der Waals surface area contributed by atoms with E-state index in [1.165, 1.54) is 19.2 Å². The molecule has 2 N–H and O–H groups in total. The molecule has 1 heterocycles. The van der Waals surface area contributed by atoms with Crippen LogP contribution in [0.4, 0.5) is 15.8 Å². The lowest BCUT2D eigenvalue weighted by atomic mass is 10.1. The number of hydrogen-bond acceptors (Lipinski definition) is 3. The van der Waals surface area contributed by atoms with Crippen molar-refractivity contribution >= 4 is 23.2 Å². The van der Waals surface area contributed by atoms with E-state index < -0.39 is 11.7 Å². The molecule has 0 saturated heterocycles. The molecule has 0 saturated carbocycles. The zero-order chi connectivity index (χ0) is 15.4. The van der Waals surface area contributed by atoms with Crippen LogP contribution in [0, 0.1) is 12.7 Å². The molecule has 0 aliphatic rings. The first-order valence-electron chi connectivity index (χ1n) is 6.26. The highest BCUT2D eigenvalue weighted by Crippen LogP contribution is 2.21. The number of carbonyl (C=O) groups excluding carboxylic acids is 2. The number of aromatic nitrogens is 1. The smallest absolute Gasteiger partial charge is 0.258 e. The van der Waals surface area contributed by atoms with Crippen molar-refractivity contribution in [1.82, 2.24) is 4.98 Å². The van der Waals surface area contributed by atoms with Gasteiger partial charge >= 0.3 is 0 Å². The molecule has 0 atom stereocenters. The number of rotatable bonds is 3. The standard InChI is InChI=1S/C15H14FN3O2/c1-9-3-4-11(7-14(9)18-10(2)20)19-15(21)12-5-6-17-8-13(12)16/h3-8H,1-2H3,(H,18,20)(H,19,21). The Morgan fingerprint density at radius 1 is 1.19 bits per heavy atom. The number of hydrogen-bond donors (Lipinski definition) is 2. The topological polar surface area (TPSA) is 71.1 Å². The van der Waals surface area contributed by atoms with Crippen LogP contribution in [0.5, 0.6) is 0 Å². The van der Waals surface area contributed by atoms with E-state index in [0.717, 1.165) is 11.8 Å². The third-order valence-corrected chi connectivity index (χ3v) is 2.82. The van der Waals surface area contributed by atoms with Gasteiger partial charge in [-0.1, -0.05) is 6.07 Å². The van der Waals surface area contributed by atoms with Crippen molar-refractivity contribution in [3.63, 3.8) is 0 Å². The van der Waals surface area contributed by atoms with Crippen molar-refractivity contribution in [3.05, 3.63) is 53.6 Å². The van der Waals surface area contributed by atoms with Gasteiger partial charge in [-0.05, 0) is 30.7 Å². The van der Waals surface area contributed by atoms with Crippen molar-refractivity contribution < 1.29 is 14.0 Å². The van der Waals surface area contributed by atoms with Crippen LogP contribution in [0.3, 0.4) is 0 Å². The molecule has 0 bridgehead atoms. The molecule has 0 spiro atoms. The predicted octanol–water partition coefficient (Wildman–Crippen LogP) is 2.74. The fraction of sp³-hybridized carbons (Fsp3) is 0.133. The van der Waals surface area contributed by atoms with Gasteiger partial charge in [0.05, 0.1) is 11.8 Å². The van der Waals surface area contributed by atoms with E-state index in [4.69, 9.17) is 0 Å². The summed E-state index contributed by atoms with van der Waals surface area (Å²) in [5, 5.41) is 5.25. The van der Waals surface area contributed by atoms with Crippen LogP contribution in [0.2, 0.25) is 0 Å². The molecular formula is C15H14FN3O2. The zero-order valence-corrected chi connectivity index (χ0v) is 11.6. The number of nitrogens with one attached hydrogen (secondary N) is 2. The van der Waals surface area contributed by atoms with Gasteiger partial charge in [0.15, 0.2) is 5.82 Å². The maximum absolute atomic E-state index is 13.5. The van der Waals surface area contributed by atoms with Gasteiger partial charge in [-0.2, -0.15) is 0 Å². The van der Waals surface area contributed by atoms with Crippen LogP contribution in [0.15, 0.2) is 36.7 Å². The Hall–Kier alpha value is -2.76. The fourth-order valence-electron chi connectivity index (χ4n) is 1.78. The Balaban J connectivity index is 2.22. The van der Waals surface area contributed by atoms with E-state index in [1.54, 1.807) is 18.2 Å². The average Bonchev–Trinajstić information content (AvgIpc) is 2.42. The molecule has 1 aromatic heterocycles. The lowest BCUT2D eigenvalue weighted by molar-refractivity contribution is -0.114. The van der Waals surface area contributed by atoms with Crippen molar-refractivity contribution in [2.75, 3.05) is 10.6 Å². The summed E-state index contributed by atoms with van der Waals surface area (Å²) >= 11 is 0. The molecule has 0 radical (unpaired) electrons. The lowest BCUT2D eigenvalue weighted by Gasteiger charge is -2.10. The Morgan fingerprint density at radius 2 is 1.95 bits per heavy atom. The van der Waals surface area contributed by atoms with Gasteiger partial charge in [0.2, 0.25) is 5.91 Å². The molecule has 21 heavy (non-hydrogen) atoms. The molecule has 2 aromatic rings.